The van der Waals surface area contributed by atoms with E-state index in [0.717, 1.165) is 50.7 Å². The van der Waals surface area contributed by atoms with Crippen molar-refractivity contribution in [2.45, 2.75) is 85.2 Å². The standard InChI is InChI=1S/C27H36N2O4/c1-15-13-22(31)24(25(32)33-15)16(2)28-29-23-8-7-20-19-6-5-17-14-18(30)9-11-26(17,3)21(19)10-12-27(20,23)4/h5,13,18-21,30-31H,6-12,14H2,1-4H3/b28-16?,29-23+/t18-,19-,20-,21-,26+,27+/m1/s1. The van der Waals surface area contributed by atoms with Crippen LogP contribution in [-0.2, 0) is 0 Å². The molecule has 1 heterocycles. The van der Waals surface area contributed by atoms with E-state index in [0.29, 0.717) is 29.2 Å². The number of aliphatic hydroxyl groups excluding tert-OH is 1. The van der Waals surface area contributed by atoms with E-state index >= 15 is 0 Å². The van der Waals surface area contributed by atoms with Gasteiger partial charge in [-0.15, -0.1) is 0 Å². The Hall–Kier alpha value is -2.21. The minimum atomic E-state index is -0.583. The summed E-state index contributed by atoms with van der Waals surface area (Å²) in [7, 11) is 0. The number of aliphatic hydroxyl groups is 1. The van der Waals surface area contributed by atoms with Gasteiger partial charge in [0.05, 0.1) is 11.8 Å². The van der Waals surface area contributed by atoms with E-state index in [9.17, 15) is 15.0 Å². The van der Waals surface area contributed by atoms with Gasteiger partial charge in [-0.1, -0.05) is 25.5 Å². The van der Waals surface area contributed by atoms with Gasteiger partial charge in [0.2, 0.25) is 0 Å². The lowest BCUT2D eigenvalue weighted by Gasteiger charge is -2.57. The maximum Gasteiger partial charge on any atom is 0.348 e. The van der Waals surface area contributed by atoms with Crippen molar-refractivity contribution in [2.24, 2.45) is 38.8 Å². The second-order valence-electron chi connectivity index (χ2n) is 11.3. The molecule has 0 spiro atoms. The normalized spacial score (nSPS) is 39.6. The average Bonchev–Trinajstić information content (AvgIpc) is 3.08. The Bertz CT molecular complexity index is 1120. The van der Waals surface area contributed by atoms with Gasteiger partial charge in [0.15, 0.2) is 0 Å². The molecule has 1 aromatic rings. The molecule has 0 radical (unpaired) electrons. The van der Waals surface area contributed by atoms with Crippen LogP contribution in [0.2, 0.25) is 0 Å². The molecule has 33 heavy (non-hydrogen) atoms. The number of hydrogen-bond acceptors (Lipinski definition) is 6. The van der Waals surface area contributed by atoms with Gasteiger partial charge < -0.3 is 14.6 Å². The summed E-state index contributed by atoms with van der Waals surface area (Å²) in [6.07, 6.45) is 10.6. The highest BCUT2D eigenvalue weighted by molar-refractivity contribution is 6.01. The fourth-order valence-electron chi connectivity index (χ4n) is 7.71. The molecular weight excluding hydrogens is 416 g/mol. The molecule has 0 unspecified atom stereocenters. The van der Waals surface area contributed by atoms with Crippen LogP contribution in [0, 0.1) is 35.5 Å². The zero-order valence-electron chi connectivity index (χ0n) is 20.2. The van der Waals surface area contributed by atoms with Crippen molar-refractivity contribution < 1.29 is 14.6 Å². The van der Waals surface area contributed by atoms with Gasteiger partial charge in [0, 0.05) is 17.2 Å². The highest BCUT2D eigenvalue weighted by atomic mass is 16.4. The molecule has 4 aliphatic carbocycles. The van der Waals surface area contributed by atoms with Gasteiger partial charge in [0.1, 0.15) is 17.1 Å². The van der Waals surface area contributed by atoms with Crippen LogP contribution in [0.1, 0.15) is 83.5 Å². The number of hydrogen-bond donors (Lipinski definition) is 2. The number of fused-ring (bicyclic) bond motifs is 5. The molecule has 0 amide bonds. The molecule has 0 saturated heterocycles. The number of aryl methyl sites for hydroxylation is 1. The summed E-state index contributed by atoms with van der Waals surface area (Å²) in [5.74, 6) is 2.18. The van der Waals surface area contributed by atoms with E-state index < -0.39 is 5.63 Å². The lowest BCUT2D eigenvalue weighted by molar-refractivity contribution is -0.0209. The molecule has 2 N–H and O–H groups in total. The average molecular weight is 453 g/mol. The minimum Gasteiger partial charge on any atom is -0.507 e. The molecule has 6 atom stereocenters. The van der Waals surface area contributed by atoms with Gasteiger partial charge in [0.25, 0.3) is 0 Å². The molecule has 178 valence electrons. The first-order valence-electron chi connectivity index (χ1n) is 12.5. The van der Waals surface area contributed by atoms with Crippen molar-refractivity contribution in [1.82, 2.24) is 0 Å². The van der Waals surface area contributed by atoms with Gasteiger partial charge in [-0.2, -0.15) is 10.2 Å². The van der Waals surface area contributed by atoms with Crippen LogP contribution in [0.5, 0.6) is 5.75 Å². The Morgan fingerprint density at radius 2 is 1.88 bits per heavy atom. The zero-order valence-corrected chi connectivity index (χ0v) is 20.2. The van der Waals surface area contributed by atoms with E-state index in [4.69, 9.17) is 4.42 Å². The Morgan fingerprint density at radius 3 is 2.64 bits per heavy atom. The lowest BCUT2D eigenvalue weighted by atomic mass is 9.48. The Labute approximate surface area is 195 Å². The molecule has 4 aliphatic rings. The highest BCUT2D eigenvalue weighted by Crippen LogP contribution is 2.64. The van der Waals surface area contributed by atoms with E-state index in [1.807, 2.05) is 0 Å². The van der Waals surface area contributed by atoms with Crippen LogP contribution < -0.4 is 5.63 Å². The highest BCUT2D eigenvalue weighted by Gasteiger charge is 2.57. The molecule has 0 bridgehead atoms. The van der Waals surface area contributed by atoms with E-state index in [-0.39, 0.29) is 28.2 Å². The fraction of sp³-hybridized carbons (Fsp3) is 0.667. The topological polar surface area (TPSA) is 95.4 Å². The molecule has 1 aromatic heterocycles. The Balaban J connectivity index is 1.42. The predicted octanol–water partition coefficient (Wildman–Crippen LogP) is 5.14. The first-order chi connectivity index (χ1) is 15.6. The van der Waals surface area contributed by atoms with Gasteiger partial charge >= 0.3 is 5.63 Å². The maximum absolute atomic E-state index is 12.2. The first kappa shape index (κ1) is 22.6. The van der Waals surface area contributed by atoms with Crippen LogP contribution in [0.15, 0.2) is 37.1 Å². The van der Waals surface area contributed by atoms with Crippen molar-refractivity contribution >= 4 is 11.4 Å². The van der Waals surface area contributed by atoms with Crippen molar-refractivity contribution in [1.29, 1.82) is 0 Å². The number of allylic oxidation sites excluding steroid dienone is 1. The molecule has 0 aromatic carbocycles. The van der Waals surface area contributed by atoms with Gasteiger partial charge in [-0.25, -0.2) is 4.79 Å². The van der Waals surface area contributed by atoms with Crippen molar-refractivity contribution in [3.8, 4) is 5.75 Å². The lowest BCUT2D eigenvalue weighted by Crippen LogP contribution is -2.50. The van der Waals surface area contributed by atoms with Crippen LogP contribution in [0.25, 0.3) is 0 Å². The van der Waals surface area contributed by atoms with Crippen molar-refractivity contribution in [2.75, 3.05) is 0 Å². The third-order valence-corrected chi connectivity index (χ3v) is 9.56. The number of nitrogens with zero attached hydrogens (tertiary/aromatic N) is 2. The largest absolute Gasteiger partial charge is 0.507 e. The van der Waals surface area contributed by atoms with Crippen LogP contribution in [0.4, 0.5) is 0 Å². The van der Waals surface area contributed by atoms with E-state index in [1.165, 1.54) is 18.1 Å². The van der Waals surface area contributed by atoms with Crippen molar-refractivity contribution in [3.63, 3.8) is 0 Å². The van der Waals surface area contributed by atoms with Gasteiger partial charge in [-0.05, 0) is 88.4 Å². The summed E-state index contributed by atoms with van der Waals surface area (Å²) in [6.45, 7) is 8.13. The van der Waals surface area contributed by atoms with Crippen molar-refractivity contribution in [3.05, 3.63) is 39.5 Å². The first-order valence-corrected chi connectivity index (χ1v) is 12.5. The monoisotopic (exact) mass is 452 g/mol. The van der Waals surface area contributed by atoms with Crippen LogP contribution in [0.3, 0.4) is 0 Å². The molecule has 5 rings (SSSR count). The summed E-state index contributed by atoms with van der Waals surface area (Å²) in [5.41, 5.74) is 2.77. The smallest absolute Gasteiger partial charge is 0.348 e. The summed E-state index contributed by atoms with van der Waals surface area (Å²) < 4.78 is 5.14. The summed E-state index contributed by atoms with van der Waals surface area (Å²) in [6, 6.07) is 1.44. The van der Waals surface area contributed by atoms with Crippen LogP contribution in [-0.4, -0.2) is 27.7 Å². The third kappa shape index (κ3) is 3.52. The maximum atomic E-state index is 12.2. The molecule has 3 saturated carbocycles. The molecule has 3 fully saturated rings. The van der Waals surface area contributed by atoms with Crippen LogP contribution >= 0.6 is 0 Å². The molecule has 6 heteroatoms. The summed E-state index contributed by atoms with van der Waals surface area (Å²) >= 11 is 0. The predicted molar refractivity (Wildman–Crippen MR) is 129 cm³/mol. The third-order valence-electron chi connectivity index (χ3n) is 9.56. The second-order valence-corrected chi connectivity index (χ2v) is 11.3. The zero-order chi connectivity index (χ0) is 23.5. The summed E-state index contributed by atoms with van der Waals surface area (Å²) in [4.78, 5) is 12.2. The number of aromatic hydroxyl groups is 1. The Kier molecular flexibility index (Phi) is 5.43. The quantitative estimate of drug-likeness (QED) is 0.369. The van der Waals surface area contributed by atoms with E-state index in [2.05, 4.69) is 30.1 Å². The second kappa shape index (κ2) is 7.93. The van der Waals surface area contributed by atoms with Gasteiger partial charge in [-0.3, -0.25) is 0 Å². The molecular formula is C27H36N2O4. The summed E-state index contributed by atoms with van der Waals surface area (Å²) in [5, 5.41) is 29.5. The number of rotatable bonds is 2. The Morgan fingerprint density at radius 1 is 1.15 bits per heavy atom. The molecule has 6 nitrogen and oxygen atoms in total. The fourth-order valence-corrected chi connectivity index (χ4v) is 7.71. The molecule has 0 aliphatic heterocycles. The SMILES string of the molecule is CC(=N/N=C1\CC[C@@H]2[C@H]3CC=C4C[C@H](O)CC[C@]4(C)[C@@H]3CC[C@]12C)c1c(O)cc(C)oc1=O. The minimum absolute atomic E-state index is 0.0286. The van der Waals surface area contributed by atoms with E-state index in [1.54, 1.807) is 13.8 Å².